The van der Waals surface area contributed by atoms with Gasteiger partial charge in [-0.15, -0.1) is 0 Å². The van der Waals surface area contributed by atoms with Gasteiger partial charge in [-0.25, -0.2) is 0 Å². The lowest BCUT2D eigenvalue weighted by Gasteiger charge is -2.36. The minimum Gasteiger partial charge on any atom is -0.303 e. The maximum atomic E-state index is 2.58. The van der Waals surface area contributed by atoms with E-state index in [2.05, 4.69) is 37.6 Å². The topological polar surface area (TPSA) is 6.48 Å². The molecule has 0 unspecified atom stereocenters. The van der Waals surface area contributed by atoms with Gasteiger partial charge in [0, 0.05) is 6.04 Å². The Morgan fingerprint density at radius 3 is 2.33 bits per heavy atom. The van der Waals surface area contributed by atoms with Crippen molar-refractivity contribution < 1.29 is 0 Å². The van der Waals surface area contributed by atoms with Crippen LogP contribution in [0, 0.1) is 5.92 Å². The summed E-state index contributed by atoms with van der Waals surface area (Å²) in [5.74, 6) is 0.836. The highest BCUT2D eigenvalue weighted by Crippen LogP contribution is 2.16. The predicted molar refractivity (Wildman–Crippen MR) is 67.2 cm³/mol. The maximum absolute atomic E-state index is 2.58. The van der Waals surface area contributed by atoms with Gasteiger partial charge in [0.2, 0.25) is 0 Å². The van der Waals surface area contributed by atoms with Crippen LogP contribution in [0.15, 0.2) is 0 Å². The van der Waals surface area contributed by atoms with Crippen LogP contribution in [0.2, 0.25) is 0 Å². The van der Waals surface area contributed by atoms with Crippen molar-refractivity contribution in [1.82, 2.24) is 9.80 Å². The normalized spacial score (nSPS) is 20.4. The molecule has 0 atom stereocenters. The highest BCUT2D eigenvalue weighted by Gasteiger charge is 2.21. The number of nitrogens with zero attached hydrogens (tertiary/aromatic N) is 2. The standard InChI is InChI=1S/C13H28N2/c1-5-15-10-7-13(8-11-15)14(4)9-6-12(2)3/h12-13H,5-11H2,1-4H3. The van der Waals surface area contributed by atoms with E-state index < -0.39 is 0 Å². The molecule has 1 heterocycles. The fourth-order valence-electron chi connectivity index (χ4n) is 2.32. The Hall–Kier alpha value is -0.0800. The van der Waals surface area contributed by atoms with Gasteiger partial charge in [-0.05, 0) is 58.4 Å². The summed E-state index contributed by atoms with van der Waals surface area (Å²) < 4.78 is 0. The van der Waals surface area contributed by atoms with Crippen LogP contribution in [0.4, 0.5) is 0 Å². The Balaban J connectivity index is 2.20. The van der Waals surface area contributed by atoms with E-state index in [-0.39, 0.29) is 0 Å². The second-order valence-corrected chi connectivity index (χ2v) is 5.33. The van der Waals surface area contributed by atoms with Crippen LogP contribution in [0.3, 0.4) is 0 Å². The summed E-state index contributed by atoms with van der Waals surface area (Å²) in [7, 11) is 2.30. The first-order chi connectivity index (χ1) is 7.13. The van der Waals surface area contributed by atoms with Gasteiger partial charge >= 0.3 is 0 Å². The molecule has 0 bridgehead atoms. The lowest BCUT2D eigenvalue weighted by atomic mass is 10.0. The highest BCUT2D eigenvalue weighted by atomic mass is 15.2. The maximum Gasteiger partial charge on any atom is 0.0117 e. The van der Waals surface area contributed by atoms with E-state index in [1.54, 1.807) is 0 Å². The van der Waals surface area contributed by atoms with E-state index in [0.29, 0.717) is 0 Å². The molecule has 1 rings (SSSR count). The molecule has 2 nitrogen and oxygen atoms in total. The van der Waals surface area contributed by atoms with Crippen LogP contribution in [0.25, 0.3) is 0 Å². The zero-order chi connectivity index (χ0) is 11.3. The molecule has 1 saturated heterocycles. The van der Waals surface area contributed by atoms with Gasteiger partial charge in [-0.3, -0.25) is 0 Å². The van der Waals surface area contributed by atoms with Crippen LogP contribution < -0.4 is 0 Å². The summed E-state index contributed by atoms with van der Waals surface area (Å²) in [5.41, 5.74) is 0. The van der Waals surface area contributed by atoms with Crippen molar-refractivity contribution in [2.24, 2.45) is 5.92 Å². The highest BCUT2D eigenvalue weighted by molar-refractivity contribution is 4.77. The molecule has 1 aliphatic heterocycles. The SMILES string of the molecule is CCN1CCC(N(C)CCC(C)C)CC1. The summed E-state index contributed by atoms with van der Waals surface area (Å²) in [6, 6.07) is 0.839. The summed E-state index contributed by atoms with van der Waals surface area (Å²) in [4.78, 5) is 5.14. The number of likely N-dealkylation sites (tertiary alicyclic amines) is 1. The lowest BCUT2D eigenvalue weighted by Crippen LogP contribution is -2.43. The van der Waals surface area contributed by atoms with Crippen LogP contribution in [0.1, 0.15) is 40.0 Å². The average molecular weight is 212 g/mol. The molecule has 0 spiro atoms. The van der Waals surface area contributed by atoms with Gasteiger partial charge < -0.3 is 9.80 Å². The fraction of sp³-hybridized carbons (Fsp3) is 1.00. The Bertz CT molecular complexity index is 160. The molecule has 1 aliphatic rings. The quantitative estimate of drug-likeness (QED) is 0.691. The summed E-state index contributed by atoms with van der Waals surface area (Å²) in [6.07, 6.45) is 4.06. The monoisotopic (exact) mass is 212 g/mol. The summed E-state index contributed by atoms with van der Waals surface area (Å²) in [6.45, 7) is 12.0. The van der Waals surface area contributed by atoms with E-state index in [1.165, 1.54) is 45.4 Å². The number of hydrogen-bond acceptors (Lipinski definition) is 2. The Morgan fingerprint density at radius 2 is 1.87 bits per heavy atom. The van der Waals surface area contributed by atoms with Crippen LogP contribution >= 0.6 is 0 Å². The Kier molecular flexibility index (Phi) is 5.62. The minimum atomic E-state index is 0.836. The van der Waals surface area contributed by atoms with Crippen molar-refractivity contribution in [2.45, 2.75) is 46.1 Å². The fourth-order valence-corrected chi connectivity index (χ4v) is 2.32. The Morgan fingerprint density at radius 1 is 1.27 bits per heavy atom. The second-order valence-electron chi connectivity index (χ2n) is 5.33. The molecule has 0 aromatic carbocycles. The molecule has 15 heavy (non-hydrogen) atoms. The van der Waals surface area contributed by atoms with Gasteiger partial charge in [0.25, 0.3) is 0 Å². The molecule has 0 N–H and O–H groups in total. The zero-order valence-electron chi connectivity index (χ0n) is 11.0. The Labute approximate surface area is 95.6 Å². The molecule has 0 amide bonds. The van der Waals surface area contributed by atoms with E-state index >= 15 is 0 Å². The largest absolute Gasteiger partial charge is 0.303 e. The van der Waals surface area contributed by atoms with Crippen LogP contribution in [-0.4, -0.2) is 49.1 Å². The zero-order valence-corrected chi connectivity index (χ0v) is 11.0. The van der Waals surface area contributed by atoms with E-state index in [0.717, 1.165) is 12.0 Å². The van der Waals surface area contributed by atoms with Crippen molar-refractivity contribution in [3.8, 4) is 0 Å². The third-order valence-corrected chi connectivity index (χ3v) is 3.69. The average Bonchev–Trinajstić information content (AvgIpc) is 2.26. The molecular weight excluding hydrogens is 184 g/mol. The van der Waals surface area contributed by atoms with Crippen LogP contribution in [0.5, 0.6) is 0 Å². The molecule has 2 heteroatoms. The van der Waals surface area contributed by atoms with Crippen molar-refractivity contribution in [3.05, 3.63) is 0 Å². The molecule has 90 valence electrons. The van der Waals surface area contributed by atoms with Crippen molar-refractivity contribution in [1.29, 1.82) is 0 Å². The van der Waals surface area contributed by atoms with Gasteiger partial charge in [0.05, 0.1) is 0 Å². The van der Waals surface area contributed by atoms with E-state index in [4.69, 9.17) is 0 Å². The van der Waals surface area contributed by atoms with Crippen molar-refractivity contribution in [2.75, 3.05) is 33.2 Å². The molecule has 0 aliphatic carbocycles. The predicted octanol–water partition coefficient (Wildman–Crippen LogP) is 2.45. The van der Waals surface area contributed by atoms with Gasteiger partial charge in [0.1, 0.15) is 0 Å². The third kappa shape index (κ3) is 4.52. The number of rotatable bonds is 5. The molecule has 0 aromatic heterocycles. The molecule has 0 aromatic rings. The minimum absolute atomic E-state index is 0.836. The van der Waals surface area contributed by atoms with Gasteiger partial charge in [-0.2, -0.15) is 0 Å². The third-order valence-electron chi connectivity index (χ3n) is 3.69. The number of piperidine rings is 1. The molecular formula is C13H28N2. The number of hydrogen-bond donors (Lipinski definition) is 0. The van der Waals surface area contributed by atoms with Crippen LogP contribution in [-0.2, 0) is 0 Å². The first-order valence-corrected chi connectivity index (χ1v) is 6.56. The van der Waals surface area contributed by atoms with Crippen molar-refractivity contribution in [3.63, 3.8) is 0 Å². The van der Waals surface area contributed by atoms with Crippen molar-refractivity contribution >= 4 is 0 Å². The smallest absolute Gasteiger partial charge is 0.0117 e. The molecule has 0 radical (unpaired) electrons. The first kappa shape index (κ1) is 13.0. The lowest BCUT2D eigenvalue weighted by molar-refractivity contribution is 0.128. The first-order valence-electron chi connectivity index (χ1n) is 6.56. The van der Waals surface area contributed by atoms with E-state index in [9.17, 15) is 0 Å². The van der Waals surface area contributed by atoms with E-state index in [1.807, 2.05) is 0 Å². The molecule has 1 fully saturated rings. The summed E-state index contributed by atoms with van der Waals surface area (Å²) >= 11 is 0. The summed E-state index contributed by atoms with van der Waals surface area (Å²) in [5, 5.41) is 0. The molecule has 0 saturated carbocycles. The second kappa shape index (κ2) is 6.49. The van der Waals surface area contributed by atoms with Gasteiger partial charge in [0.15, 0.2) is 0 Å². The van der Waals surface area contributed by atoms with Gasteiger partial charge in [-0.1, -0.05) is 20.8 Å².